The summed E-state index contributed by atoms with van der Waals surface area (Å²) >= 11 is 0. The van der Waals surface area contributed by atoms with Crippen LogP contribution in [0.1, 0.15) is 81.2 Å². The maximum absolute atomic E-state index is 12.5. The third-order valence-corrected chi connectivity index (χ3v) is 4.86. The molecular formula is C28H43NO8. The Kier molecular flexibility index (Phi) is 10.9. The molecule has 37 heavy (non-hydrogen) atoms. The van der Waals surface area contributed by atoms with Crippen molar-refractivity contribution in [2.24, 2.45) is 22.0 Å². The zero-order chi connectivity index (χ0) is 28.8. The molecule has 9 heteroatoms. The molecule has 1 aromatic carbocycles. The minimum absolute atomic E-state index is 0.0509. The van der Waals surface area contributed by atoms with Gasteiger partial charge in [-0.3, -0.25) is 19.2 Å². The molecule has 1 rings (SSSR count). The largest absolute Gasteiger partial charge is 0.461 e. The Balaban J connectivity index is 2.91. The molecule has 0 aliphatic carbocycles. The average molecular weight is 522 g/mol. The molecule has 0 aliphatic heterocycles. The Bertz CT molecular complexity index is 979. The van der Waals surface area contributed by atoms with E-state index in [2.05, 4.69) is 0 Å². The highest BCUT2D eigenvalue weighted by atomic mass is 16.6. The summed E-state index contributed by atoms with van der Waals surface area (Å²) in [6, 6.07) is 3.62. The molecule has 0 saturated carbocycles. The van der Waals surface area contributed by atoms with Gasteiger partial charge in [0.15, 0.2) is 11.5 Å². The van der Waals surface area contributed by atoms with Crippen molar-refractivity contribution in [2.45, 2.75) is 94.2 Å². The van der Waals surface area contributed by atoms with Crippen molar-refractivity contribution in [1.29, 1.82) is 0 Å². The van der Waals surface area contributed by atoms with Crippen LogP contribution in [0.25, 0.3) is 0 Å². The number of hydrogen-bond acceptors (Lipinski definition) is 9. The van der Waals surface area contributed by atoms with Crippen molar-refractivity contribution in [3.05, 3.63) is 23.8 Å². The first kappa shape index (κ1) is 32.1. The zero-order valence-corrected chi connectivity index (χ0v) is 23.9. The summed E-state index contributed by atoms with van der Waals surface area (Å²) in [5, 5.41) is 0. The van der Waals surface area contributed by atoms with Crippen molar-refractivity contribution in [3.8, 4) is 11.5 Å². The SMILES string of the molecule is C[C@@H](COC(=O)[C@@H](N)Cc1ccc(OC(=O)C(C)(C)C)c(OC(=O)C(C)(C)C)c1)OC(=O)CC(C)(C)C. The predicted octanol–water partition coefficient (Wildman–Crippen LogP) is 4.37. The monoisotopic (exact) mass is 521 g/mol. The van der Waals surface area contributed by atoms with Crippen LogP contribution in [0.5, 0.6) is 11.5 Å². The number of hydrogen-bond donors (Lipinski definition) is 1. The Morgan fingerprint density at radius 3 is 1.84 bits per heavy atom. The molecule has 0 radical (unpaired) electrons. The minimum atomic E-state index is -1.02. The fourth-order valence-corrected chi connectivity index (χ4v) is 2.73. The van der Waals surface area contributed by atoms with Gasteiger partial charge in [-0.15, -0.1) is 0 Å². The smallest absolute Gasteiger partial charge is 0.323 e. The summed E-state index contributed by atoms with van der Waals surface area (Å²) in [5.74, 6) is -1.92. The average Bonchev–Trinajstić information content (AvgIpc) is 2.70. The highest BCUT2D eigenvalue weighted by Gasteiger charge is 2.29. The van der Waals surface area contributed by atoms with E-state index in [9.17, 15) is 19.2 Å². The van der Waals surface area contributed by atoms with Gasteiger partial charge in [0.1, 0.15) is 18.8 Å². The van der Waals surface area contributed by atoms with Crippen molar-refractivity contribution < 1.29 is 38.1 Å². The van der Waals surface area contributed by atoms with Crippen LogP contribution in [-0.2, 0) is 35.1 Å². The molecule has 0 unspecified atom stereocenters. The van der Waals surface area contributed by atoms with Gasteiger partial charge in [0, 0.05) is 0 Å². The molecule has 0 saturated heterocycles. The second-order valence-electron chi connectivity index (χ2n) is 12.5. The van der Waals surface area contributed by atoms with Gasteiger partial charge in [-0.05, 0) is 78.0 Å². The Hall–Kier alpha value is -2.94. The second-order valence-corrected chi connectivity index (χ2v) is 12.5. The van der Waals surface area contributed by atoms with Crippen molar-refractivity contribution in [1.82, 2.24) is 0 Å². The van der Waals surface area contributed by atoms with Crippen LogP contribution < -0.4 is 15.2 Å². The summed E-state index contributed by atoms with van der Waals surface area (Å²) in [5.41, 5.74) is 4.83. The minimum Gasteiger partial charge on any atom is -0.461 e. The van der Waals surface area contributed by atoms with Crippen LogP contribution in [0, 0.1) is 16.2 Å². The Labute approximate surface area is 220 Å². The molecule has 0 aliphatic rings. The van der Waals surface area contributed by atoms with E-state index in [4.69, 9.17) is 24.7 Å². The normalized spacial score (nSPS) is 13.8. The molecule has 0 fully saturated rings. The van der Waals surface area contributed by atoms with Crippen LogP contribution in [-0.4, -0.2) is 42.6 Å². The van der Waals surface area contributed by atoms with Gasteiger partial charge in [0.2, 0.25) is 0 Å². The highest BCUT2D eigenvalue weighted by molar-refractivity contribution is 5.81. The third-order valence-electron chi connectivity index (χ3n) is 4.86. The van der Waals surface area contributed by atoms with E-state index in [1.54, 1.807) is 54.5 Å². The molecule has 0 aromatic heterocycles. The van der Waals surface area contributed by atoms with E-state index < -0.39 is 40.9 Å². The molecule has 0 heterocycles. The molecule has 0 spiro atoms. The predicted molar refractivity (Wildman–Crippen MR) is 139 cm³/mol. The second kappa shape index (κ2) is 12.5. The number of nitrogens with two attached hydrogens (primary N) is 1. The van der Waals surface area contributed by atoms with Crippen molar-refractivity contribution >= 4 is 23.9 Å². The van der Waals surface area contributed by atoms with E-state index >= 15 is 0 Å². The molecule has 0 bridgehead atoms. The van der Waals surface area contributed by atoms with Gasteiger partial charge >= 0.3 is 23.9 Å². The molecule has 0 amide bonds. The lowest BCUT2D eigenvalue weighted by molar-refractivity contribution is -0.160. The van der Waals surface area contributed by atoms with E-state index in [1.807, 2.05) is 20.8 Å². The first-order valence-corrected chi connectivity index (χ1v) is 12.4. The highest BCUT2D eigenvalue weighted by Crippen LogP contribution is 2.33. The standard InChI is InChI=1S/C28H43NO8/c1-17(35-22(30)15-26(2,3)4)16-34-23(31)19(29)13-18-11-12-20(36-24(32)27(5,6)7)21(14-18)37-25(33)28(8,9)10/h11-12,14,17,19H,13,15-16,29H2,1-10H3/t17-,19-/m0/s1. The first-order valence-electron chi connectivity index (χ1n) is 12.4. The van der Waals surface area contributed by atoms with Gasteiger partial charge in [-0.1, -0.05) is 26.8 Å². The lowest BCUT2D eigenvalue weighted by Crippen LogP contribution is -2.36. The fourth-order valence-electron chi connectivity index (χ4n) is 2.73. The number of rotatable bonds is 9. The lowest BCUT2D eigenvalue weighted by atomic mass is 9.92. The number of benzene rings is 1. The van der Waals surface area contributed by atoms with Gasteiger partial charge < -0.3 is 24.7 Å². The number of carbonyl (C=O) groups excluding carboxylic acids is 4. The summed E-state index contributed by atoms with van der Waals surface area (Å²) in [6.45, 7) is 17.5. The van der Waals surface area contributed by atoms with E-state index in [1.165, 1.54) is 12.1 Å². The van der Waals surface area contributed by atoms with Crippen LogP contribution in [0.15, 0.2) is 18.2 Å². The van der Waals surface area contributed by atoms with Crippen LogP contribution >= 0.6 is 0 Å². The van der Waals surface area contributed by atoms with E-state index in [0.29, 0.717) is 5.56 Å². The lowest BCUT2D eigenvalue weighted by Gasteiger charge is -2.21. The maximum Gasteiger partial charge on any atom is 0.323 e. The van der Waals surface area contributed by atoms with Crippen LogP contribution in [0.2, 0.25) is 0 Å². The molecule has 1 aromatic rings. The van der Waals surface area contributed by atoms with Crippen molar-refractivity contribution in [2.75, 3.05) is 6.61 Å². The fraction of sp³-hybridized carbons (Fsp3) is 0.643. The van der Waals surface area contributed by atoms with Crippen LogP contribution in [0.4, 0.5) is 0 Å². The molecule has 2 atom stereocenters. The van der Waals surface area contributed by atoms with Crippen LogP contribution in [0.3, 0.4) is 0 Å². The maximum atomic E-state index is 12.5. The number of esters is 4. The number of ether oxygens (including phenoxy) is 4. The summed E-state index contributed by atoms with van der Waals surface area (Å²) in [7, 11) is 0. The summed E-state index contributed by atoms with van der Waals surface area (Å²) in [6.07, 6.45) is -0.301. The molecular weight excluding hydrogens is 478 g/mol. The topological polar surface area (TPSA) is 131 Å². The van der Waals surface area contributed by atoms with Gasteiger partial charge in [-0.25, -0.2) is 0 Å². The van der Waals surface area contributed by atoms with Gasteiger partial charge in [-0.2, -0.15) is 0 Å². The third kappa shape index (κ3) is 11.8. The molecule has 9 nitrogen and oxygen atoms in total. The van der Waals surface area contributed by atoms with Gasteiger partial charge in [0.05, 0.1) is 17.3 Å². The summed E-state index contributed by atoms with van der Waals surface area (Å²) < 4.78 is 21.5. The molecule has 2 N–H and O–H groups in total. The van der Waals surface area contributed by atoms with E-state index in [-0.39, 0.29) is 42.3 Å². The summed E-state index contributed by atoms with van der Waals surface area (Å²) in [4.78, 5) is 49.3. The Morgan fingerprint density at radius 2 is 1.35 bits per heavy atom. The van der Waals surface area contributed by atoms with Gasteiger partial charge in [0.25, 0.3) is 0 Å². The zero-order valence-electron chi connectivity index (χ0n) is 23.9. The van der Waals surface area contributed by atoms with E-state index in [0.717, 1.165) is 0 Å². The molecule has 208 valence electrons. The Morgan fingerprint density at radius 1 is 0.838 bits per heavy atom. The number of carbonyl (C=O) groups is 4. The van der Waals surface area contributed by atoms with Crippen molar-refractivity contribution in [3.63, 3.8) is 0 Å². The quantitative estimate of drug-likeness (QED) is 0.372. The first-order chi connectivity index (χ1) is 16.7.